The van der Waals surface area contributed by atoms with Gasteiger partial charge >= 0.3 is 0 Å². The molecule has 0 spiro atoms. The Hall–Kier alpha value is -3.88. The van der Waals surface area contributed by atoms with Crippen molar-refractivity contribution in [2.45, 2.75) is 13.3 Å². The van der Waals surface area contributed by atoms with Gasteiger partial charge in [0.05, 0.1) is 11.3 Å². The van der Waals surface area contributed by atoms with Crippen LogP contribution in [0.1, 0.15) is 12.6 Å². The third-order valence-electron chi connectivity index (χ3n) is 4.49. The molecule has 0 amide bonds. The summed E-state index contributed by atoms with van der Waals surface area (Å²) in [4.78, 5) is 12.8. The second kappa shape index (κ2) is 5.84. The maximum absolute atomic E-state index is 12.8. The number of hydrogen-bond donors (Lipinski definition) is 0. The Balaban J connectivity index is 1.83. The number of hydrogen-bond acceptors (Lipinski definition) is 6. The Morgan fingerprint density at radius 1 is 1.00 bits per heavy atom. The number of pyridine rings is 1. The third-order valence-corrected chi connectivity index (χ3v) is 4.49. The minimum Gasteiger partial charge on any atom is -0.265 e. The zero-order valence-corrected chi connectivity index (χ0v) is 14.4. The van der Waals surface area contributed by atoms with Gasteiger partial charge in [0, 0.05) is 6.20 Å². The topological polar surface area (TPSA) is 95.8 Å². The summed E-state index contributed by atoms with van der Waals surface area (Å²) < 4.78 is 4.54. The average molecular weight is 358 g/mol. The molecule has 9 nitrogen and oxygen atoms in total. The number of aryl methyl sites for hydroxylation is 1. The van der Waals surface area contributed by atoms with Crippen LogP contribution in [0.5, 0.6) is 0 Å². The van der Waals surface area contributed by atoms with Crippen LogP contribution in [-0.4, -0.2) is 39.4 Å². The molecule has 0 saturated heterocycles. The summed E-state index contributed by atoms with van der Waals surface area (Å²) in [7, 11) is 0. The summed E-state index contributed by atoms with van der Waals surface area (Å²) in [6.07, 6.45) is 5.27. The Bertz CT molecular complexity index is 1320. The highest BCUT2D eigenvalue weighted by atomic mass is 16.1. The first-order valence-corrected chi connectivity index (χ1v) is 8.48. The van der Waals surface area contributed by atoms with Crippen LogP contribution in [0.3, 0.4) is 0 Å². The largest absolute Gasteiger partial charge is 0.299 e. The van der Waals surface area contributed by atoms with Crippen molar-refractivity contribution in [1.82, 2.24) is 39.4 Å². The second-order valence-electron chi connectivity index (χ2n) is 6.02. The first-order valence-electron chi connectivity index (χ1n) is 8.48. The molecule has 132 valence electrons. The average Bonchev–Trinajstić information content (AvgIpc) is 3.36. The van der Waals surface area contributed by atoms with Gasteiger partial charge in [-0.1, -0.05) is 37.3 Å². The van der Waals surface area contributed by atoms with Crippen molar-refractivity contribution < 1.29 is 0 Å². The summed E-state index contributed by atoms with van der Waals surface area (Å²) >= 11 is 0. The molecule has 0 aliphatic heterocycles. The molecule has 4 aromatic heterocycles. The lowest BCUT2D eigenvalue weighted by Gasteiger charge is -2.06. The number of fused-ring (bicyclic) bond motifs is 3. The Morgan fingerprint density at radius 2 is 1.78 bits per heavy atom. The first-order chi connectivity index (χ1) is 13.3. The molecule has 0 aliphatic rings. The van der Waals surface area contributed by atoms with Gasteiger partial charge in [-0.15, -0.1) is 20.4 Å². The molecule has 0 bridgehead atoms. The molecule has 5 rings (SSSR count). The van der Waals surface area contributed by atoms with E-state index in [0.717, 1.165) is 23.2 Å². The van der Waals surface area contributed by atoms with Gasteiger partial charge in [-0.3, -0.25) is 4.79 Å². The normalized spacial score (nSPS) is 11.4. The molecule has 0 N–H and O–H groups in total. The quantitative estimate of drug-likeness (QED) is 0.486. The van der Waals surface area contributed by atoms with Gasteiger partial charge in [-0.25, -0.2) is 13.9 Å². The molecule has 0 atom stereocenters. The predicted octanol–water partition coefficient (Wildman–Crippen LogP) is 1.57. The maximum Gasteiger partial charge on any atom is 0.299 e. The van der Waals surface area contributed by atoms with Crippen molar-refractivity contribution in [2.24, 2.45) is 0 Å². The van der Waals surface area contributed by atoms with Crippen LogP contribution in [0.25, 0.3) is 27.8 Å². The van der Waals surface area contributed by atoms with E-state index in [-0.39, 0.29) is 11.1 Å². The molecule has 1 aromatic carbocycles. The molecule has 0 saturated carbocycles. The van der Waals surface area contributed by atoms with Gasteiger partial charge in [0.25, 0.3) is 5.56 Å². The molecular formula is C18H14N8O. The standard InChI is InChI=1S/C18H14N8O/c1-2-13-15(12-6-4-3-5-7-12)17-22-21-16-14(26(17)23-13)8-9-25(18(16)27)24-10-19-20-11-24/h3-11H,2H2,1H3. The van der Waals surface area contributed by atoms with Gasteiger partial charge in [-0.2, -0.15) is 5.10 Å². The van der Waals surface area contributed by atoms with E-state index in [2.05, 4.69) is 20.4 Å². The van der Waals surface area contributed by atoms with Crippen LogP contribution >= 0.6 is 0 Å². The fraction of sp³-hybridized carbons (Fsp3) is 0.111. The van der Waals surface area contributed by atoms with E-state index in [4.69, 9.17) is 5.10 Å². The van der Waals surface area contributed by atoms with Crippen molar-refractivity contribution in [2.75, 3.05) is 0 Å². The van der Waals surface area contributed by atoms with Gasteiger partial charge in [0.15, 0.2) is 11.2 Å². The summed E-state index contributed by atoms with van der Waals surface area (Å²) in [6.45, 7) is 2.04. The Labute approximate surface area is 152 Å². The minimum atomic E-state index is -0.323. The van der Waals surface area contributed by atoms with E-state index in [0.29, 0.717) is 11.2 Å². The zero-order valence-electron chi connectivity index (χ0n) is 14.4. The monoisotopic (exact) mass is 358 g/mol. The SMILES string of the molecule is CCc1nn2c(nnc3c(=O)n(-n4cnnc4)ccc32)c1-c1ccccc1. The lowest BCUT2D eigenvalue weighted by molar-refractivity contribution is 0.630. The Kier molecular flexibility index (Phi) is 3.32. The molecule has 27 heavy (non-hydrogen) atoms. The van der Waals surface area contributed by atoms with Crippen LogP contribution in [0.4, 0.5) is 0 Å². The van der Waals surface area contributed by atoms with Crippen molar-refractivity contribution >= 4 is 16.7 Å². The van der Waals surface area contributed by atoms with Crippen molar-refractivity contribution in [3.05, 3.63) is 71.3 Å². The van der Waals surface area contributed by atoms with E-state index >= 15 is 0 Å². The lowest BCUT2D eigenvalue weighted by Crippen LogP contribution is -2.26. The van der Waals surface area contributed by atoms with E-state index < -0.39 is 0 Å². The molecule has 4 heterocycles. The fourth-order valence-electron chi connectivity index (χ4n) is 3.22. The molecule has 5 aromatic rings. The predicted molar refractivity (Wildman–Crippen MR) is 98.2 cm³/mol. The van der Waals surface area contributed by atoms with E-state index in [1.54, 1.807) is 16.8 Å². The molecule has 0 radical (unpaired) electrons. The molecule has 0 unspecified atom stereocenters. The fourth-order valence-corrected chi connectivity index (χ4v) is 3.22. The number of aromatic nitrogens is 8. The number of benzene rings is 1. The van der Waals surface area contributed by atoms with Gasteiger partial charge in [-0.05, 0) is 18.1 Å². The van der Waals surface area contributed by atoms with Gasteiger partial charge < -0.3 is 0 Å². The first kappa shape index (κ1) is 15.4. The summed E-state index contributed by atoms with van der Waals surface area (Å²) in [5.41, 5.74) is 4.01. The maximum atomic E-state index is 12.8. The molecule has 9 heteroatoms. The highest BCUT2D eigenvalue weighted by Crippen LogP contribution is 2.28. The zero-order chi connectivity index (χ0) is 18.4. The van der Waals surface area contributed by atoms with Crippen LogP contribution in [0, 0.1) is 0 Å². The van der Waals surface area contributed by atoms with E-state index in [1.165, 1.54) is 22.0 Å². The highest BCUT2D eigenvalue weighted by molar-refractivity contribution is 5.84. The third kappa shape index (κ3) is 2.25. The Morgan fingerprint density at radius 3 is 2.52 bits per heavy atom. The van der Waals surface area contributed by atoms with Crippen LogP contribution in [0.2, 0.25) is 0 Å². The van der Waals surface area contributed by atoms with Gasteiger partial charge in [0.2, 0.25) is 0 Å². The second-order valence-corrected chi connectivity index (χ2v) is 6.02. The molecular weight excluding hydrogens is 344 g/mol. The smallest absolute Gasteiger partial charge is 0.265 e. The lowest BCUT2D eigenvalue weighted by atomic mass is 10.0. The summed E-state index contributed by atoms with van der Waals surface area (Å²) in [5.74, 6) is 0. The molecule has 0 aliphatic carbocycles. The van der Waals surface area contributed by atoms with Crippen molar-refractivity contribution in [3.8, 4) is 11.1 Å². The minimum absolute atomic E-state index is 0.225. The van der Waals surface area contributed by atoms with Crippen molar-refractivity contribution in [1.29, 1.82) is 0 Å². The number of rotatable bonds is 3. The summed E-state index contributed by atoms with van der Waals surface area (Å²) in [6, 6.07) is 11.8. The molecule has 0 fully saturated rings. The van der Waals surface area contributed by atoms with Crippen LogP contribution < -0.4 is 5.56 Å². The highest BCUT2D eigenvalue weighted by Gasteiger charge is 2.18. The van der Waals surface area contributed by atoms with Crippen molar-refractivity contribution in [3.63, 3.8) is 0 Å². The van der Waals surface area contributed by atoms with E-state index in [9.17, 15) is 4.79 Å². The van der Waals surface area contributed by atoms with Crippen LogP contribution in [0.15, 0.2) is 60.0 Å². The van der Waals surface area contributed by atoms with Crippen LogP contribution in [-0.2, 0) is 6.42 Å². The van der Waals surface area contributed by atoms with Gasteiger partial charge in [0.1, 0.15) is 18.2 Å². The number of nitrogens with zero attached hydrogens (tertiary/aromatic N) is 8. The van der Waals surface area contributed by atoms with E-state index in [1.807, 2.05) is 37.3 Å². The summed E-state index contributed by atoms with van der Waals surface area (Å²) in [5, 5.41) is 20.7.